The summed E-state index contributed by atoms with van der Waals surface area (Å²) in [4.78, 5) is 21.3. The van der Waals surface area contributed by atoms with Gasteiger partial charge in [-0.2, -0.15) is 0 Å². The lowest BCUT2D eigenvalue weighted by Gasteiger charge is -2.34. The van der Waals surface area contributed by atoms with Crippen LogP contribution in [0, 0.1) is 12.8 Å². The summed E-state index contributed by atoms with van der Waals surface area (Å²) in [6, 6.07) is 7.93. The highest BCUT2D eigenvalue weighted by atomic mass is 16.5. The third-order valence-corrected chi connectivity index (χ3v) is 5.66. The molecule has 1 amide bonds. The lowest BCUT2D eigenvalue weighted by atomic mass is 9.76. The summed E-state index contributed by atoms with van der Waals surface area (Å²) >= 11 is 0. The summed E-state index contributed by atoms with van der Waals surface area (Å²) in [5.74, 6) is 1.52. The predicted octanol–water partition coefficient (Wildman–Crippen LogP) is 4.28. The van der Waals surface area contributed by atoms with Crippen LogP contribution in [0.25, 0.3) is 0 Å². The van der Waals surface area contributed by atoms with E-state index in [9.17, 15) is 4.79 Å². The highest BCUT2D eigenvalue weighted by molar-refractivity contribution is 5.94. The van der Waals surface area contributed by atoms with Crippen LogP contribution in [-0.2, 0) is 0 Å². The lowest BCUT2D eigenvalue weighted by molar-refractivity contribution is 0.0908. The zero-order valence-electron chi connectivity index (χ0n) is 16.4. The maximum Gasteiger partial charge on any atom is 0.253 e. The molecule has 2 aromatic rings. The van der Waals surface area contributed by atoms with E-state index in [0.29, 0.717) is 23.3 Å². The number of methoxy groups -OCH3 is 1. The van der Waals surface area contributed by atoms with E-state index in [2.05, 4.69) is 35.2 Å². The van der Waals surface area contributed by atoms with Gasteiger partial charge in [-0.1, -0.05) is 6.92 Å². The van der Waals surface area contributed by atoms with Crippen LogP contribution >= 0.6 is 0 Å². The first-order valence-corrected chi connectivity index (χ1v) is 9.84. The number of aromatic nitrogens is 2. The van der Waals surface area contributed by atoms with E-state index in [4.69, 9.17) is 4.74 Å². The van der Waals surface area contributed by atoms with Gasteiger partial charge in [0.15, 0.2) is 0 Å². The van der Waals surface area contributed by atoms with E-state index in [1.165, 1.54) is 11.3 Å². The Morgan fingerprint density at radius 1 is 1.22 bits per heavy atom. The standard InChI is InChI=1S/C22H29N3O2/c1-4-19(25-22(26)18-9-10-21(27-3)24-14-18)16-5-7-17(8-6-16)20-13-15(2)11-12-23-20/h9-14,16-17,19H,4-8H2,1-3H3,(H,25,26)/t16-,17-,19?. The molecule has 1 fully saturated rings. The van der Waals surface area contributed by atoms with Gasteiger partial charge in [0.2, 0.25) is 5.88 Å². The van der Waals surface area contributed by atoms with E-state index >= 15 is 0 Å². The van der Waals surface area contributed by atoms with Gasteiger partial charge >= 0.3 is 0 Å². The molecule has 0 saturated heterocycles. The summed E-state index contributed by atoms with van der Waals surface area (Å²) in [6.45, 7) is 4.26. The molecule has 1 aliphatic carbocycles. The van der Waals surface area contributed by atoms with E-state index in [-0.39, 0.29) is 11.9 Å². The van der Waals surface area contributed by atoms with Crippen LogP contribution in [0.1, 0.15) is 66.6 Å². The minimum Gasteiger partial charge on any atom is -0.481 e. The van der Waals surface area contributed by atoms with Gasteiger partial charge in [0.1, 0.15) is 0 Å². The highest BCUT2D eigenvalue weighted by Crippen LogP contribution is 2.37. The Hall–Kier alpha value is -2.43. The largest absolute Gasteiger partial charge is 0.481 e. The Kier molecular flexibility index (Phi) is 6.43. The number of hydrogen-bond donors (Lipinski definition) is 1. The molecule has 5 heteroatoms. The molecular formula is C22H29N3O2. The number of rotatable bonds is 6. The Balaban J connectivity index is 1.57. The van der Waals surface area contributed by atoms with Crippen molar-refractivity contribution in [2.75, 3.05) is 7.11 Å². The van der Waals surface area contributed by atoms with Gasteiger partial charge in [-0.25, -0.2) is 4.98 Å². The average molecular weight is 367 g/mol. The lowest BCUT2D eigenvalue weighted by Crippen LogP contribution is -2.41. The van der Waals surface area contributed by atoms with Crippen LogP contribution in [-0.4, -0.2) is 29.0 Å². The molecule has 5 nitrogen and oxygen atoms in total. The number of carbonyl (C=O) groups is 1. The Labute approximate surface area is 161 Å². The summed E-state index contributed by atoms with van der Waals surface area (Å²) in [5, 5.41) is 3.22. The van der Waals surface area contributed by atoms with Gasteiger partial charge in [-0.3, -0.25) is 9.78 Å². The average Bonchev–Trinajstić information content (AvgIpc) is 2.72. The first kappa shape index (κ1) is 19.3. The van der Waals surface area contributed by atoms with Crippen molar-refractivity contribution < 1.29 is 9.53 Å². The molecule has 2 heterocycles. The maximum atomic E-state index is 12.6. The third kappa shape index (κ3) is 4.85. The van der Waals surface area contributed by atoms with Gasteiger partial charge in [0.25, 0.3) is 5.91 Å². The van der Waals surface area contributed by atoms with Crippen LogP contribution in [0.5, 0.6) is 5.88 Å². The zero-order valence-corrected chi connectivity index (χ0v) is 16.4. The Bertz CT molecular complexity index is 752. The predicted molar refractivity (Wildman–Crippen MR) is 106 cm³/mol. The summed E-state index contributed by atoms with van der Waals surface area (Å²) in [5.41, 5.74) is 3.07. The Morgan fingerprint density at radius 3 is 2.59 bits per heavy atom. The molecule has 1 aliphatic rings. The molecule has 27 heavy (non-hydrogen) atoms. The van der Waals surface area contributed by atoms with E-state index in [0.717, 1.165) is 32.1 Å². The van der Waals surface area contributed by atoms with Gasteiger partial charge < -0.3 is 10.1 Å². The number of nitrogens with zero attached hydrogens (tertiary/aromatic N) is 2. The highest BCUT2D eigenvalue weighted by Gasteiger charge is 2.29. The SMILES string of the molecule is CCC(NC(=O)c1ccc(OC)nc1)[C@H]1CC[C@H](c2cc(C)ccn2)CC1. The molecule has 1 unspecified atom stereocenters. The molecule has 0 bridgehead atoms. The molecule has 1 atom stereocenters. The molecule has 0 radical (unpaired) electrons. The summed E-state index contributed by atoms with van der Waals surface area (Å²) in [7, 11) is 1.57. The molecule has 0 aliphatic heterocycles. The molecule has 1 N–H and O–H groups in total. The summed E-state index contributed by atoms with van der Waals surface area (Å²) < 4.78 is 5.05. The van der Waals surface area contributed by atoms with Crippen molar-refractivity contribution in [1.29, 1.82) is 0 Å². The molecule has 2 aromatic heterocycles. The van der Waals surface area contributed by atoms with Gasteiger partial charge in [-0.15, -0.1) is 0 Å². The second-order valence-electron chi connectivity index (χ2n) is 7.45. The second kappa shape index (κ2) is 8.98. The number of carbonyl (C=O) groups excluding carboxylic acids is 1. The third-order valence-electron chi connectivity index (χ3n) is 5.66. The fraction of sp³-hybridized carbons (Fsp3) is 0.500. The van der Waals surface area contributed by atoms with Gasteiger partial charge in [0.05, 0.1) is 12.7 Å². The first-order valence-electron chi connectivity index (χ1n) is 9.84. The van der Waals surface area contributed by atoms with Crippen molar-refractivity contribution in [3.8, 4) is 5.88 Å². The molecule has 0 aromatic carbocycles. The van der Waals surface area contributed by atoms with Crippen molar-refractivity contribution in [2.24, 2.45) is 5.92 Å². The van der Waals surface area contributed by atoms with Crippen molar-refractivity contribution in [3.05, 3.63) is 53.5 Å². The van der Waals surface area contributed by atoms with Crippen LogP contribution in [0.3, 0.4) is 0 Å². The van der Waals surface area contributed by atoms with Crippen LogP contribution in [0.15, 0.2) is 36.7 Å². The van der Waals surface area contributed by atoms with E-state index in [1.807, 2.05) is 12.3 Å². The van der Waals surface area contributed by atoms with Crippen LogP contribution < -0.4 is 10.1 Å². The zero-order chi connectivity index (χ0) is 19.2. The normalized spacial score (nSPS) is 20.7. The molecular weight excluding hydrogens is 338 g/mol. The molecule has 3 rings (SSSR count). The molecule has 0 spiro atoms. The molecule has 1 saturated carbocycles. The van der Waals surface area contributed by atoms with E-state index < -0.39 is 0 Å². The minimum absolute atomic E-state index is 0.0560. The maximum absolute atomic E-state index is 12.6. The fourth-order valence-corrected chi connectivity index (χ4v) is 4.04. The van der Waals surface area contributed by atoms with E-state index in [1.54, 1.807) is 25.4 Å². The monoisotopic (exact) mass is 367 g/mol. The number of hydrogen-bond acceptors (Lipinski definition) is 4. The topological polar surface area (TPSA) is 64.1 Å². The van der Waals surface area contributed by atoms with Crippen LogP contribution in [0.4, 0.5) is 0 Å². The van der Waals surface area contributed by atoms with Gasteiger partial charge in [0, 0.05) is 36.1 Å². The first-order chi connectivity index (χ1) is 13.1. The number of ether oxygens (including phenoxy) is 1. The number of aryl methyl sites for hydroxylation is 1. The quantitative estimate of drug-likeness (QED) is 0.828. The summed E-state index contributed by atoms with van der Waals surface area (Å²) in [6.07, 6.45) is 8.94. The number of amides is 1. The fourth-order valence-electron chi connectivity index (χ4n) is 4.04. The number of pyridine rings is 2. The number of nitrogens with one attached hydrogen (secondary N) is 1. The second-order valence-corrected chi connectivity index (χ2v) is 7.45. The van der Waals surface area contributed by atoms with Crippen molar-refractivity contribution in [1.82, 2.24) is 15.3 Å². The van der Waals surface area contributed by atoms with Crippen molar-refractivity contribution in [3.63, 3.8) is 0 Å². The van der Waals surface area contributed by atoms with Gasteiger partial charge in [-0.05, 0) is 68.7 Å². The minimum atomic E-state index is -0.0560. The smallest absolute Gasteiger partial charge is 0.253 e. The van der Waals surface area contributed by atoms with Crippen LogP contribution in [0.2, 0.25) is 0 Å². The Morgan fingerprint density at radius 2 is 2.00 bits per heavy atom. The van der Waals surface area contributed by atoms with Crippen molar-refractivity contribution in [2.45, 2.75) is 57.9 Å². The van der Waals surface area contributed by atoms with Crippen molar-refractivity contribution >= 4 is 5.91 Å². The molecule has 144 valence electrons.